The molecule has 9 nitrogen and oxygen atoms in total. The number of allylic oxidation sites excluding steroid dienone is 30. The van der Waals surface area contributed by atoms with E-state index < -0.39 is 24.3 Å². The van der Waals surface area contributed by atoms with Crippen molar-refractivity contribution < 1.29 is 42.9 Å². The van der Waals surface area contributed by atoms with Crippen molar-refractivity contribution in [2.75, 3.05) is 47.5 Å². The Labute approximate surface area is 558 Å². The molecule has 512 valence electrons. The molecular weight excluding hydrogens is 1130 g/mol. The molecule has 0 bridgehead atoms. The van der Waals surface area contributed by atoms with Crippen LogP contribution in [-0.2, 0) is 33.3 Å². The second-order valence-electron chi connectivity index (χ2n) is 24.4. The predicted octanol–water partition coefficient (Wildman–Crippen LogP) is 21.5. The lowest BCUT2D eigenvalue weighted by Gasteiger charge is -2.26. The molecule has 2 atom stereocenters. The van der Waals surface area contributed by atoms with Crippen LogP contribution in [0.1, 0.15) is 258 Å². The number of carbonyl (C=O) groups is 3. The summed E-state index contributed by atoms with van der Waals surface area (Å²) in [6, 6.07) is 0. The van der Waals surface area contributed by atoms with Crippen molar-refractivity contribution in [3.63, 3.8) is 0 Å². The van der Waals surface area contributed by atoms with Gasteiger partial charge >= 0.3 is 11.9 Å². The number of likely N-dealkylation sites (N-methyl/N-ethyl adjacent to an activating group) is 1. The summed E-state index contributed by atoms with van der Waals surface area (Å²) in [5.41, 5.74) is 0. The van der Waals surface area contributed by atoms with Crippen LogP contribution in [0.2, 0.25) is 0 Å². The van der Waals surface area contributed by atoms with E-state index in [9.17, 15) is 19.5 Å². The first-order valence-electron chi connectivity index (χ1n) is 35.9. The molecule has 0 saturated heterocycles. The van der Waals surface area contributed by atoms with Gasteiger partial charge in [0.15, 0.2) is 12.4 Å². The maximum absolute atomic E-state index is 12.9. The van der Waals surface area contributed by atoms with Crippen LogP contribution in [0, 0.1) is 0 Å². The molecule has 0 rings (SSSR count). The van der Waals surface area contributed by atoms with Gasteiger partial charge in [-0.25, -0.2) is 0 Å². The third kappa shape index (κ3) is 71.7. The van der Waals surface area contributed by atoms with E-state index in [-0.39, 0.29) is 38.6 Å². The lowest BCUT2D eigenvalue weighted by Crippen LogP contribution is -2.44. The number of ether oxygens (including phenoxy) is 4. The fourth-order valence-corrected chi connectivity index (χ4v) is 9.24. The summed E-state index contributed by atoms with van der Waals surface area (Å²) in [5.74, 6) is -2.33. The monoisotopic (exact) mass is 1260 g/mol. The third-order valence-corrected chi connectivity index (χ3v) is 14.6. The summed E-state index contributed by atoms with van der Waals surface area (Å²) in [4.78, 5) is 37.5. The minimum Gasteiger partial charge on any atom is -0.545 e. The Morgan fingerprint density at radius 1 is 0.330 bits per heavy atom. The first-order chi connectivity index (χ1) is 44.6. The second-order valence-corrected chi connectivity index (χ2v) is 24.4. The summed E-state index contributed by atoms with van der Waals surface area (Å²) in [7, 11) is 5.91. The summed E-state index contributed by atoms with van der Waals surface area (Å²) in [5, 5.41) is 11.8. The highest BCUT2D eigenvalue weighted by atomic mass is 16.7. The number of hydrogen-bond acceptors (Lipinski definition) is 8. The number of carboxylic acids is 1. The predicted molar refractivity (Wildman–Crippen MR) is 388 cm³/mol. The van der Waals surface area contributed by atoms with E-state index in [0.717, 1.165) is 141 Å². The zero-order valence-corrected chi connectivity index (χ0v) is 58.4. The van der Waals surface area contributed by atoms with Gasteiger partial charge < -0.3 is 33.3 Å². The minimum atomic E-state index is -1.64. The maximum atomic E-state index is 12.9. The van der Waals surface area contributed by atoms with Crippen molar-refractivity contribution in [1.29, 1.82) is 0 Å². The molecule has 0 spiro atoms. The molecule has 0 aromatic rings. The number of hydrogen-bond donors (Lipinski definition) is 0. The van der Waals surface area contributed by atoms with Crippen LogP contribution in [0.3, 0.4) is 0 Å². The van der Waals surface area contributed by atoms with E-state index in [0.29, 0.717) is 17.4 Å². The fraction of sp³-hybridized carbons (Fsp3) is 0.598. The van der Waals surface area contributed by atoms with Crippen molar-refractivity contribution in [1.82, 2.24) is 0 Å². The van der Waals surface area contributed by atoms with Crippen LogP contribution in [0.25, 0.3) is 0 Å². The van der Waals surface area contributed by atoms with Gasteiger partial charge in [-0.05, 0) is 135 Å². The molecule has 9 heteroatoms. The quantitative estimate of drug-likeness (QED) is 0.0195. The Kier molecular flexibility index (Phi) is 65.9. The van der Waals surface area contributed by atoms with E-state index in [4.69, 9.17) is 18.9 Å². The molecule has 0 saturated carbocycles. The highest BCUT2D eigenvalue weighted by Crippen LogP contribution is 2.16. The van der Waals surface area contributed by atoms with Gasteiger partial charge in [-0.2, -0.15) is 0 Å². The average Bonchev–Trinajstić information content (AvgIpc) is 3.66. The van der Waals surface area contributed by atoms with Gasteiger partial charge in [0.2, 0.25) is 0 Å². The molecular formula is C82H131NO8. The van der Waals surface area contributed by atoms with Gasteiger partial charge in [0.25, 0.3) is 0 Å². The summed E-state index contributed by atoms with van der Waals surface area (Å²) >= 11 is 0. The van der Waals surface area contributed by atoms with Gasteiger partial charge in [0.05, 0.1) is 40.3 Å². The van der Waals surface area contributed by atoms with Crippen LogP contribution in [0.15, 0.2) is 182 Å². The van der Waals surface area contributed by atoms with E-state index in [1.54, 1.807) is 0 Å². The van der Waals surface area contributed by atoms with E-state index in [2.05, 4.69) is 196 Å². The Hall–Kier alpha value is -5.61. The Morgan fingerprint density at radius 3 is 0.879 bits per heavy atom. The third-order valence-electron chi connectivity index (χ3n) is 14.6. The van der Waals surface area contributed by atoms with Crippen LogP contribution in [0.4, 0.5) is 0 Å². The number of unbranched alkanes of at least 4 members (excludes halogenated alkanes) is 19. The molecule has 0 aliphatic carbocycles. The van der Waals surface area contributed by atoms with Crippen LogP contribution in [0.5, 0.6) is 0 Å². The smallest absolute Gasteiger partial charge is 0.306 e. The largest absolute Gasteiger partial charge is 0.545 e. The van der Waals surface area contributed by atoms with Gasteiger partial charge in [0.1, 0.15) is 13.2 Å². The number of carboxylic acid groups (broad SMARTS) is 1. The molecule has 0 aliphatic heterocycles. The van der Waals surface area contributed by atoms with Gasteiger partial charge in [-0.15, -0.1) is 0 Å². The van der Waals surface area contributed by atoms with Crippen molar-refractivity contribution >= 4 is 17.9 Å². The van der Waals surface area contributed by atoms with Gasteiger partial charge in [-0.1, -0.05) is 292 Å². The topological polar surface area (TPSA) is 111 Å². The lowest BCUT2D eigenvalue weighted by atomic mass is 10.0. The average molecular weight is 1260 g/mol. The lowest BCUT2D eigenvalue weighted by molar-refractivity contribution is -0.870. The van der Waals surface area contributed by atoms with E-state index >= 15 is 0 Å². The molecule has 0 heterocycles. The molecule has 0 aliphatic rings. The van der Waals surface area contributed by atoms with Gasteiger partial charge in [-0.3, -0.25) is 9.59 Å². The van der Waals surface area contributed by atoms with Crippen LogP contribution < -0.4 is 5.11 Å². The zero-order valence-electron chi connectivity index (χ0n) is 58.4. The highest BCUT2D eigenvalue weighted by molar-refractivity contribution is 5.70. The molecule has 0 amide bonds. The number of esters is 2. The second kappa shape index (κ2) is 70.3. The number of rotatable bonds is 64. The standard InChI is InChI=1S/C82H131NO8/c1-6-8-10-12-14-16-18-20-22-24-26-28-30-32-34-36-37-38-39-40-41-42-43-45-46-48-50-52-54-56-58-60-62-64-66-68-70-72-79(84)89-76-78(77-90-82(81(86)87)88-75-74-83(3,4)5)91-80(85)73-71-69-67-65-63-61-59-57-55-53-51-49-47-44-35-33-31-29-27-25-23-21-19-17-15-13-11-9-7-2/h8-11,14-17,20-23,26-29,32-35,37-38,40-41,47,49,53,55,59,61,78,82H,6-7,12-13,18-19,24-25,30-31,36,39,42-46,48,50-52,54,56-58,60,62-77H2,1-5H3/b10-8-,11-9-,16-14-,17-15-,22-20-,23-21-,28-26-,29-27-,34-32-,35-33-,38-37-,41-40-,49-47-,55-53-,61-59-. The molecule has 0 N–H and O–H groups in total. The summed E-state index contributed by atoms with van der Waals surface area (Å²) in [6.07, 6.45) is 104. The highest BCUT2D eigenvalue weighted by Gasteiger charge is 2.22. The molecule has 0 radical (unpaired) electrons. The van der Waals surface area contributed by atoms with Crippen LogP contribution in [-0.4, -0.2) is 82.3 Å². The summed E-state index contributed by atoms with van der Waals surface area (Å²) in [6.45, 7) is 4.48. The first-order valence-corrected chi connectivity index (χ1v) is 35.9. The SMILES string of the molecule is CC/C=C\C/C=C\C/C=C\C/C=C\C/C=C\C/C=C\C/C=C\C/C=C\CCCCCCC(=O)OC(COC(=O)CCCCCCCCCCCCCCCCC/C=C\C/C=C\C/C=C\C/C=C\C/C=C\C/C=C\C/C=C\CC)COC(OCC[N+](C)(C)C)C(=O)[O-]. The van der Waals surface area contributed by atoms with E-state index in [1.807, 2.05) is 21.1 Å². The first kappa shape index (κ1) is 85.4. The zero-order chi connectivity index (χ0) is 66.1. The normalized spacial score (nSPS) is 13.8. The van der Waals surface area contributed by atoms with Crippen molar-refractivity contribution in [3.05, 3.63) is 182 Å². The molecule has 0 aromatic carbocycles. The number of carbonyl (C=O) groups excluding carboxylic acids is 3. The molecule has 91 heavy (non-hydrogen) atoms. The number of quaternary nitrogens is 1. The maximum Gasteiger partial charge on any atom is 0.306 e. The number of nitrogens with zero attached hydrogens (tertiary/aromatic N) is 1. The Morgan fingerprint density at radius 2 is 0.593 bits per heavy atom. The van der Waals surface area contributed by atoms with Crippen LogP contribution >= 0.6 is 0 Å². The Bertz CT molecular complexity index is 2150. The van der Waals surface area contributed by atoms with Crippen molar-refractivity contribution in [2.45, 2.75) is 270 Å². The van der Waals surface area contributed by atoms with Crippen molar-refractivity contribution in [3.8, 4) is 0 Å². The molecule has 2 unspecified atom stereocenters. The van der Waals surface area contributed by atoms with E-state index in [1.165, 1.54) is 83.5 Å². The fourth-order valence-electron chi connectivity index (χ4n) is 9.24. The Balaban J connectivity index is 4.19. The van der Waals surface area contributed by atoms with Crippen molar-refractivity contribution in [2.24, 2.45) is 0 Å². The number of aliphatic carboxylic acids is 1. The summed E-state index contributed by atoms with van der Waals surface area (Å²) < 4.78 is 22.8. The van der Waals surface area contributed by atoms with Gasteiger partial charge in [0, 0.05) is 12.8 Å². The minimum absolute atomic E-state index is 0.133. The molecule has 0 aromatic heterocycles. The molecule has 0 fully saturated rings.